The molecule has 0 bridgehead atoms. The summed E-state index contributed by atoms with van der Waals surface area (Å²) in [4.78, 5) is 14.8. The fraction of sp³-hybridized carbons (Fsp3) is 0.222. The lowest BCUT2D eigenvalue weighted by molar-refractivity contribution is -0.123. The van der Waals surface area contributed by atoms with E-state index in [1.165, 1.54) is 16.7 Å². The van der Waals surface area contributed by atoms with Gasteiger partial charge < -0.3 is 0 Å². The van der Waals surface area contributed by atoms with Gasteiger partial charge in [-0.15, -0.1) is 0 Å². The predicted molar refractivity (Wildman–Crippen MR) is 106 cm³/mol. The number of sulfone groups is 1. The minimum absolute atomic E-state index is 0.000980. The van der Waals surface area contributed by atoms with Gasteiger partial charge in [0.2, 0.25) is 0 Å². The van der Waals surface area contributed by atoms with Crippen molar-refractivity contribution in [1.29, 1.82) is 0 Å². The molecule has 0 saturated carbocycles. The molecule has 2 aliphatic rings. The van der Waals surface area contributed by atoms with E-state index in [9.17, 15) is 13.2 Å². The molecule has 2 aromatic carbocycles. The Kier molecular flexibility index (Phi) is 4.17. The number of thiocarbonyl (C=S) groups is 1. The zero-order valence-electron chi connectivity index (χ0n) is 13.2. The molecule has 4 nitrogen and oxygen atoms in total. The van der Waals surface area contributed by atoms with Crippen molar-refractivity contribution in [3.8, 4) is 0 Å². The Labute approximate surface area is 155 Å². The van der Waals surface area contributed by atoms with Crippen molar-refractivity contribution in [2.75, 3.05) is 11.5 Å². The Bertz CT molecular complexity index is 1020. The highest BCUT2D eigenvalue weighted by atomic mass is 32.2. The summed E-state index contributed by atoms with van der Waals surface area (Å²) in [5.74, 6) is -0.0667. The van der Waals surface area contributed by atoms with Crippen LogP contribution in [0.1, 0.15) is 12.0 Å². The van der Waals surface area contributed by atoms with Gasteiger partial charge in [0.05, 0.1) is 22.5 Å². The van der Waals surface area contributed by atoms with Crippen LogP contribution in [0.5, 0.6) is 0 Å². The first-order valence-corrected chi connectivity index (χ1v) is 10.9. The lowest BCUT2D eigenvalue weighted by atomic mass is 10.0. The number of hydrogen-bond donors (Lipinski definition) is 0. The molecule has 2 aliphatic heterocycles. The molecule has 7 heteroatoms. The highest BCUT2D eigenvalue weighted by Gasteiger charge is 2.42. The molecule has 0 aromatic heterocycles. The molecule has 0 radical (unpaired) electrons. The maximum atomic E-state index is 12.8. The van der Waals surface area contributed by atoms with Gasteiger partial charge in [0.15, 0.2) is 9.84 Å². The van der Waals surface area contributed by atoms with Gasteiger partial charge in [-0.1, -0.05) is 66.4 Å². The number of hydrogen-bond acceptors (Lipinski definition) is 5. The molecule has 2 fully saturated rings. The molecular weight excluding hydrogens is 374 g/mol. The number of benzene rings is 2. The fourth-order valence-electron chi connectivity index (χ4n) is 3.29. The van der Waals surface area contributed by atoms with E-state index in [0.29, 0.717) is 15.6 Å². The Morgan fingerprint density at radius 3 is 2.68 bits per heavy atom. The summed E-state index contributed by atoms with van der Waals surface area (Å²) in [7, 11) is -3.07. The van der Waals surface area contributed by atoms with Crippen LogP contribution in [0.4, 0.5) is 0 Å². The van der Waals surface area contributed by atoms with Gasteiger partial charge in [0.25, 0.3) is 5.91 Å². The van der Waals surface area contributed by atoms with Gasteiger partial charge >= 0.3 is 0 Å². The highest BCUT2D eigenvalue weighted by Crippen LogP contribution is 2.37. The number of amides is 1. The monoisotopic (exact) mass is 389 g/mol. The van der Waals surface area contributed by atoms with Crippen LogP contribution in [-0.4, -0.2) is 41.1 Å². The second-order valence-electron chi connectivity index (χ2n) is 6.18. The van der Waals surface area contributed by atoms with Crippen LogP contribution >= 0.6 is 24.0 Å². The third-order valence-corrected chi connectivity index (χ3v) is 7.59. The Morgan fingerprint density at radius 1 is 1.16 bits per heavy atom. The first kappa shape index (κ1) is 16.8. The quantitative estimate of drug-likeness (QED) is 0.583. The van der Waals surface area contributed by atoms with E-state index >= 15 is 0 Å². The van der Waals surface area contributed by atoms with Crippen LogP contribution in [0.15, 0.2) is 47.4 Å². The maximum Gasteiger partial charge on any atom is 0.266 e. The van der Waals surface area contributed by atoms with E-state index in [1.54, 1.807) is 0 Å². The third-order valence-electron chi connectivity index (χ3n) is 4.51. The van der Waals surface area contributed by atoms with Crippen molar-refractivity contribution < 1.29 is 13.2 Å². The summed E-state index contributed by atoms with van der Waals surface area (Å²) in [6, 6.07) is 13.6. The number of carbonyl (C=O) groups is 1. The van der Waals surface area contributed by atoms with Gasteiger partial charge in [-0.25, -0.2) is 8.42 Å². The summed E-state index contributed by atoms with van der Waals surface area (Å²) >= 11 is 6.60. The second kappa shape index (κ2) is 6.23. The van der Waals surface area contributed by atoms with Crippen LogP contribution in [0.25, 0.3) is 16.8 Å². The van der Waals surface area contributed by atoms with Crippen LogP contribution in [-0.2, 0) is 14.6 Å². The second-order valence-corrected chi connectivity index (χ2v) is 10.1. The molecular formula is C18H15NO3S3. The van der Waals surface area contributed by atoms with E-state index in [-0.39, 0.29) is 23.5 Å². The van der Waals surface area contributed by atoms with Crippen LogP contribution in [0, 0.1) is 0 Å². The normalized spacial score (nSPS) is 24.6. The predicted octanol–water partition coefficient (Wildman–Crippen LogP) is 3.23. The van der Waals surface area contributed by atoms with Crippen LogP contribution in [0.3, 0.4) is 0 Å². The molecule has 0 N–H and O–H groups in total. The van der Waals surface area contributed by atoms with Crippen molar-refractivity contribution in [2.24, 2.45) is 0 Å². The highest BCUT2D eigenvalue weighted by molar-refractivity contribution is 8.26. The molecule has 0 aliphatic carbocycles. The maximum absolute atomic E-state index is 12.8. The molecule has 1 atom stereocenters. The van der Waals surface area contributed by atoms with Crippen molar-refractivity contribution in [3.63, 3.8) is 0 Å². The van der Waals surface area contributed by atoms with Gasteiger partial charge in [-0.2, -0.15) is 0 Å². The molecule has 2 saturated heterocycles. The summed E-state index contributed by atoms with van der Waals surface area (Å²) in [6.45, 7) is 0. The first-order chi connectivity index (χ1) is 11.9. The van der Waals surface area contributed by atoms with Crippen LogP contribution in [0.2, 0.25) is 0 Å². The molecule has 2 aromatic rings. The number of carbonyl (C=O) groups excluding carboxylic acids is 1. The number of rotatable bonds is 2. The molecule has 0 spiro atoms. The molecule has 1 amide bonds. The summed E-state index contributed by atoms with van der Waals surface area (Å²) in [5.41, 5.74) is 0.956. The molecule has 25 heavy (non-hydrogen) atoms. The van der Waals surface area contributed by atoms with Gasteiger partial charge in [0, 0.05) is 0 Å². The topological polar surface area (TPSA) is 54.5 Å². The molecule has 2 heterocycles. The molecule has 4 rings (SSSR count). The zero-order valence-corrected chi connectivity index (χ0v) is 15.7. The third kappa shape index (κ3) is 3.12. The van der Waals surface area contributed by atoms with E-state index in [1.807, 2.05) is 48.5 Å². The average molecular weight is 390 g/mol. The summed E-state index contributed by atoms with van der Waals surface area (Å²) in [5, 5.41) is 2.17. The summed E-state index contributed by atoms with van der Waals surface area (Å²) in [6.07, 6.45) is 2.31. The van der Waals surface area contributed by atoms with E-state index in [2.05, 4.69) is 0 Å². The van der Waals surface area contributed by atoms with Crippen molar-refractivity contribution in [1.82, 2.24) is 4.90 Å². The minimum Gasteiger partial charge on any atom is -0.289 e. The van der Waals surface area contributed by atoms with Crippen molar-refractivity contribution in [2.45, 2.75) is 12.5 Å². The Balaban J connectivity index is 1.69. The lowest BCUT2D eigenvalue weighted by Crippen LogP contribution is -2.39. The Morgan fingerprint density at radius 2 is 1.92 bits per heavy atom. The smallest absolute Gasteiger partial charge is 0.266 e. The fourth-order valence-corrected chi connectivity index (χ4v) is 6.38. The van der Waals surface area contributed by atoms with Gasteiger partial charge in [-0.3, -0.25) is 9.69 Å². The van der Waals surface area contributed by atoms with Gasteiger partial charge in [0.1, 0.15) is 4.32 Å². The van der Waals surface area contributed by atoms with Crippen molar-refractivity contribution >= 4 is 60.9 Å². The number of fused-ring (bicyclic) bond motifs is 1. The first-order valence-electron chi connectivity index (χ1n) is 7.90. The minimum atomic E-state index is -3.07. The zero-order chi connectivity index (χ0) is 17.6. The van der Waals surface area contributed by atoms with Crippen LogP contribution < -0.4 is 0 Å². The van der Waals surface area contributed by atoms with Gasteiger partial charge in [-0.05, 0) is 28.8 Å². The van der Waals surface area contributed by atoms with E-state index in [0.717, 1.165) is 16.3 Å². The standard InChI is InChI=1S/C18H15NO3S3/c20-17-16(10-13-6-3-5-12-4-1-2-7-15(12)13)24-18(23)19(17)14-8-9-25(21,22)11-14/h1-7,10,14H,8-9,11H2/b16-10-/t14-/m1/s1. The largest absolute Gasteiger partial charge is 0.289 e. The average Bonchev–Trinajstić information content (AvgIpc) is 3.07. The SMILES string of the molecule is O=C1/C(=C/c2cccc3ccccc23)SC(=S)N1[C@@H]1CCS(=O)(=O)C1. The number of nitrogens with zero attached hydrogens (tertiary/aromatic N) is 1. The van der Waals surface area contributed by atoms with E-state index in [4.69, 9.17) is 12.2 Å². The molecule has 128 valence electrons. The lowest BCUT2D eigenvalue weighted by Gasteiger charge is -2.20. The van der Waals surface area contributed by atoms with E-state index < -0.39 is 9.84 Å². The molecule has 0 unspecified atom stereocenters. The summed E-state index contributed by atoms with van der Waals surface area (Å²) < 4.78 is 23.9. The number of thioether (sulfide) groups is 1. The van der Waals surface area contributed by atoms with Crippen molar-refractivity contribution in [3.05, 3.63) is 52.9 Å². The Hall–Kier alpha value is -1.70.